The Morgan fingerprint density at radius 2 is 1.94 bits per heavy atom. The van der Waals surface area contributed by atoms with Gasteiger partial charge in [-0.1, -0.05) is 31.2 Å². The molecule has 1 aliphatic rings. The van der Waals surface area contributed by atoms with Crippen LogP contribution < -0.4 is 0 Å². The molecule has 0 aromatic heterocycles. The molecule has 0 amide bonds. The van der Waals surface area contributed by atoms with Crippen molar-refractivity contribution in [2.24, 2.45) is 5.92 Å². The second-order valence-electron chi connectivity index (χ2n) is 4.25. The molecule has 2 atom stereocenters. The maximum absolute atomic E-state index is 11.7. The lowest BCUT2D eigenvalue weighted by Crippen LogP contribution is -2.19. The van der Waals surface area contributed by atoms with Crippen molar-refractivity contribution in [2.45, 2.75) is 25.9 Å². The molecule has 0 bridgehead atoms. The zero-order chi connectivity index (χ0) is 11.4. The SMILES string of the molecule is CC1C=CC(OC(=O)c2ccccc2)CC1. The molecular formula is C14H16O2. The highest BCUT2D eigenvalue weighted by atomic mass is 16.5. The molecule has 2 heteroatoms. The lowest BCUT2D eigenvalue weighted by Gasteiger charge is -2.20. The standard InChI is InChI=1S/C14H16O2/c1-11-7-9-13(10-8-11)16-14(15)12-5-3-2-4-6-12/h2-7,9,11,13H,8,10H2,1H3. The van der Waals surface area contributed by atoms with Crippen molar-refractivity contribution in [3.63, 3.8) is 0 Å². The third-order valence-corrected chi connectivity index (χ3v) is 2.83. The average molecular weight is 216 g/mol. The zero-order valence-electron chi connectivity index (χ0n) is 9.43. The summed E-state index contributed by atoms with van der Waals surface area (Å²) in [4.78, 5) is 11.7. The first-order chi connectivity index (χ1) is 7.75. The highest BCUT2D eigenvalue weighted by molar-refractivity contribution is 5.89. The first-order valence-electron chi connectivity index (χ1n) is 5.70. The van der Waals surface area contributed by atoms with Gasteiger partial charge in [-0.05, 0) is 37.0 Å². The van der Waals surface area contributed by atoms with E-state index in [1.54, 1.807) is 12.1 Å². The van der Waals surface area contributed by atoms with Gasteiger partial charge < -0.3 is 4.74 Å². The van der Waals surface area contributed by atoms with Crippen LogP contribution in [0.1, 0.15) is 30.1 Å². The van der Waals surface area contributed by atoms with Gasteiger partial charge in [-0.2, -0.15) is 0 Å². The fourth-order valence-electron chi connectivity index (χ4n) is 1.81. The van der Waals surface area contributed by atoms with E-state index in [0.717, 1.165) is 12.8 Å². The lowest BCUT2D eigenvalue weighted by molar-refractivity contribution is 0.0362. The van der Waals surface area contributed by atoms with E-state index in [4.69, 9.17) is 4.74 Å². The van der Waals surface area contributed by atoms with Gasteiger partial charge in [-0.25, -0.2) is 4.79 Å². The maximum atomic E-state index is 11.7. The van der Waals surface area contributed by atoms with Crippen LogP contribution in [0.15, 0.2) is 42.5 Å². The van der Waals surface area contributed by atoms with Crippen molar-refractivity contribution in [2.75, 3.05) is 0 Å². The van der Waals surface area contributed by atoms with E-state index in [0.29, 0.717) is 11.5 Å². The Balaban J connectivity index is 1.96. The molecule has 0 aliphatic heterocycles. The molecule has 84 valence electrons. The molecule has 1 aliphatic carbocycles. The molecule has 0 fully saturated rings. The van der Waals surface area contributed by atoms with Crippen LogP contribution in [0.3, 0.4) is 0 Å². The third-order valence-electron chi connectivity index (χ3n) is 2.83. The van der Waals surface area contributed by atoms with Crippen molar-refractivity contribution in [3.05, 3.63) is 48.0 Å². The summed E-state index contributed by atoms with van der Waals surface area (Å²) in [6, 6.07) is 9.12. The minimum Gasteiger partial charge on any atom is -0.455 e. The summed E-state index contributed by atoms with van der Waals surface area (Å²) in [6.07, 6.45) is 6.07. The molecule has 1 aromatic carbocycles. The first kappa shape index (κ1) is 10.9. The van der Waals surface area contributed by atoms with Gasteiger partial charge in [-0.3, -0.25) is 0 Å². The van der Waals surface area contributed by atoms with Crippen molar-refractivity contribution < 1.29 is 9.53 Å². The van der Waals surface area contributed by atoms with Crippen LogP contribution in [-0.2, 0) is 4.74 Å². The number of hydrogen-bond donors (Lipinski definition) is 0. The number of carbonyl (C=O) groups is 1. The Morgan fingerprint density at radius 3 is 2.56 bits per heavy atom. The highest BCUT2D eigenvalue weighted by Gasteiger charge is 2.17. The van der Waals surface area contributed by atoms with Crippen LogP contribution in [-0.4, -0.2) is 12.1 Å². The minimum atomic E-state index is -0.232. The molecule has 16 heavy (non-hydrogen) atoms. The summed E-state index contributed by atoms with van der Waals surface area (Å²) < 4.78 is 5.40. The summed E-state index contributed by atoms with van der Waals surface area (Å²) in [6.45, 7) is 2.17. The topological polar surface area (TPSA) is 26.3 Å². The van der Waals surface area contributed by atoms with Crippen LogP contribution in [0.4, 0.5) is 0 Å². The molecular weight excluding hydrogens is 200 g/mol. The van der Waals surface area contributed by atoms with Crippen LogP contribution in [0, 0.1) is 5.92 Å². The quantitative estimate of drug-likeness (QED) is 0.560. The molecule has 0 radical (unpaired) electrons. The van der Waals surface area contributed by atoms with Gasteiger partial charge in [0.1, 0.15) is 6.10 Å². The fraction of sp³-hybridized carbons (Fsp3) is 0.357. The number of allylic oxidation sites excluding steroid dienone is 1. The van der Waals surface area contributed by atoms with Crippen molar-refractivity contribution >= 4 is 5.97 Å². The second-order valence-corrected chi connectivity index (χ2v) is 4.25. The normalized spacial score (nSPS) is 24.1. The van der Waals surface area contributed by atoms with Gasteiger partial charge in [0.05, 0.1) is 5.56 Å². The van der Waals surface area contributed by atoms with Gasteiger partial charge in [0.2, 0.25) is 0 Å². The summed E-state index contributed by atoms with van der Waals surface area (Å²) >= 11 is 0. The Hall–Kier alpha value is -1.57. The predicted molar refractivity (Wildman–Crippen MR) is 63.2 cm³/mol. The summed E-state index contributed by atoms with van der Waals surface area (Å²) in [5.74, 6) is 0.372. The van der Waals surface area contributed by atoms with Crippen LogP contribution in [0.5, 0.6) is 0 Å². The van der Waals surface area contributed by atoms with E-state index < -0.39 is 0 Å². The average Bonchev–Trinajstić information content (AvgIpc) is 2.33. The van der Waals surface area contributed by atoms with E-state index in [-0.39, 0.29) is 12.1 Å². The van der Waals surface area contributed by atoms with E-state index in [9.17, 15) is 4.79 Å². The predicted octanol–water partition coefficient (Wildman–Crippen LogP) is 3.20. The Labute approximate surface area is 95.9 Å². The molecule has 0 saturated heterocycles. The number of carbonyl (C=O) groups excluding carboxylic acids is 1. The van der Waals surface area contributed by atoms with Crippen molar-refractivity contribution in [1.29, 1.82) is 0 Å². The lowest BCUT2D eigenvalue weighted by atomic mass is 9.96. The largest absolute Gasteiger partial charge is 0.455 e. The summed E-state index contributed by atoms with van der Waals surface area (Å²) in [5.41, 5.74) is 0.620. The molecule has 2 nitrogen and oxygen atoms in total. The van der Waals surface area contributed by atoms with Gasteiger partial charge in [-0.15, -0.1) is 0 Å². The summed E-state index contributed by atoms with van der Waals surface area (Å²) in [7, 11) is 0. The first-order valence-corrected chi connectivity index (χ1v) is 5.70. The molecule has 0 spiro atoms. The number of esters is 1. The number of rotatable bonds is 2. The zero-order valence-corrected chi connectivity index (χ0v) is 9.43. The van der Waals surface area contributed by atoms with Crippen LogP contribution >= 0.6 is 0 Å². The smallest absolute Gasteiger partial charge is 0.338 e. The highest BCUT2D eigenvalue weighted by Crippen LogP contribution is 2.19. The molecule has 0 N–H and O–H groups in total. The number of hydrogen-bond acceptors (Lipinski definition) is 2. The monoisotopic (exact) mass is 216 g/mol. The van der Waals surface area contributed by atoms with Gasteiger partial charge in [0.15, 0.2) is 0 Å². The van der Waals surface area contributed by atoms with Gasteiger partial charge in [0, 0.05) is 0 Å². The fourth-order valence-corrected chi connectivity index (χ4v) is 1.81. The summed E-state index contributed by atoms with van der Waals surface area (Å²) in [5, 5.41) is 0. The minimum absolute atomic E-state index is 0.0519. The van der Waals surface area contributed by atoms with Crippen molar-refractivity contribution in [3.8, 4) is 0 Å². The molecule has 0 heterocycles. The van der Waals surface area contributed by atoms with E-state index in [1.807, 2.05) is 24.3 Å². The molecule has 2 unspecified atom stereocenters. The third kappa shape index (κ3) is 2.72. The molecule has 0 saturated carbocycles. The van der Waals surface area contributed by atoms with Crippen LogP contribution in [0.2, 0.25) is 0 Å². The number of ether oxygens (including phenoxy) is 1. The Kier molecular flexibility index (Phi) is 3.40. The van der Waals surface area contributed by atoms with Gasteiger partial charge >= 0.3 is 5.97 Å². The van der Waals surface area contributed by atoms with Gasteiger partial charge in [0.25, 0.3) is 0 Å². The second kappa shape index (κ2) is 4.97. The van der Waals surface area contributed by atoms with Crippen LogP contribution in [0.25, 0.3) is 0 Å². The Morgan fingerprint density at radius 1 is 1.19 bits per heavy atom. The Bertz CT molecular complexity index is 381. The maximum Gasteiger partial charge on any atom is 0.338 e. The van der Waals surface area contributed by atoms with E-state index in [1.165, 1.54) is 0 Å². The van der Waals surface area contributed by atoms with E-state index in [2.05, 4.69) is 13.0 Å². The van der Waals surface area contributed by atoms with Crippen molar-refractivity contribution in [1.82, 2.24) is 0 Å². The molecule has 1 aromatic rings. The molecule has 2 rings (SSSR count). The van der Waals surface area contributed by atoms with E-state index >= 15 is 0 Å². The number of benzene rings is 1.